The van der Waals surface area contributed by atoms with Crippen molar-refractivity contribution in [3.63, 3.8) is 0 Å². The summed E-state index contributed by atoms with van der Waals surface area (Å²) in [7, 11) is 1.59. The lowest BCUT2D eigenvalue weighted by Gasteiger charge is -2.22. The number of fused-ring (bicyclic) bond motifs is 2. The lowest BCUT2D eigenvalue weighted by Crippen LogP contribution is -2.31. The van der Waals surface area contributed by atoms with Gasteiger partial charge in [-0.25, -0.2) is 0 Å². The first-order valence-electron chi connectivity index (χ1n) is 10.4. The van der Waals surface area contributed by atoms with Gasteiger partial charge in [-0.05, 0) is 66.6 Å². The van der Waals surface area contributed by atoms with E-state index in [9.17, 15) is 9.59 Å². The van der Waals surface area contributed by atoms with Crippen molar-refractivity contribution in [2.75, 3.05) is 23.9 Å². The summed E-state index contributed by atoms with van der Waals surface area (Å²) < 4.78 is 5.15. The maximum absolute atomic E-state index is 13.3. The maximum Gasteiger partial charge on any atom is 0.259 e. The zero-order valence-corrected chi connectivity index (χ0v) is 18.3. The lowest BCUT2D eigenvalue weighted by atomic mass is 9.89. The molecule has 3 aromatic carbocycles. The molecule has 4 rings (SSSR count). The second kappa shape index (κ2) is 8.99. The topological polar surface area (TPSA) is 58.6 Å². The Balaban J connectivity index is 1.72. The van der Waals surface area contributed by atoms with Gasteiger partial charge in [0, 0.05) is 28.4 Å². The summed E-state index contributed by atoms with van der Waals surface area (Å²) in [5.74, 6) is 6.28. The minimum Gasteiger partial charge on any atom is -0.497 e. The summed E-state index contributed by atoms with van der Waals surface area (Å²) in [5, 5.41) is 2.97. The van der Waals surface area contributed by atoms with Crippen molar-refractivity contribution < 1.29 is 14.3 Å². The number of anilines is 2. The Kier molecular flexibility index (Phi) is 5.96. The number of amides is 2. The highest BCUT2D eigenvalue weighted by Gasteiger charge is 2.30. The molecule has 0 spiro atoms. The quantitative estimate of drug-likeness (QED) is 0.594. The number of hydrogen-bond donors (Lipinski definition) is 1. The largest absolute Gasteiger partial charge is 0.497 e. The standard InChI is InChI=1S/C27H24N2O3/c1-4-5-16-29-25-15-12-20(28-26(30)19-10-13-21(32-3)14-11-19)17-24(25)18(2)22-8-6-7-9-23(22)27(29)31/h6-15,17-18H,16H2,1-3H3,(H,28,30)/t18-/m0/s1. The van der Waals surface area contributed by atoms with Gasteiger partial charge in [0.1, 0.15) is 5.75 Å². The molecule has 0 bridgehead atoms. The third-order valence-electron chi connectivity index (χ3n) is 5.71. The monoisotopic (exact) mass is 424 g/mol. The normalized spacial score (nSPS) is 14.4. The zero-order valence-electron chi connectivity index (χ0n) is 18.3. The molecule has 1 heterocycles. The molecule has 0 radical (unpaired) electrons. The first kappa shape index (κ1) is 21.2. The van der Waals surface area contributed by atoms with Gasteiger partial charge in [-0.1, -0.05) is 31.0 Å². The van der Waals surface area contributed by atoms with Crippen LogP contribution in [-0.4, -0.2) is 25.5 Å². The summed E-state index contributed by atoms with van der Waals surface area (Å²) in [6.07, 6.45) is 0. The molecule has 0 saturated carbocycles. The maximum atomic E-state index is 13.3. The van der Waals surface area contributed by atoms with Crippen molar-refractivity contribution in [1.29, 1.82) is 0 Å². The Morgan fingerprint density at radius 1 is 1.06 bits per heavy atom. The van der Waals surface area contributed by atoms with Gasteiger partial charge in [0.15, 0.2) is 0 Å². The Morgan fingerprint density at radius 2 is 1.81 bits per heavy atom. The van der Waals surface area contributed by atoms with Crippen LogP contribution in [0.3, 0.4) is 0 Å². The molecule has 1 N–H and O–H groups in total. The van der Waals surface area contributed by atoms with Crippen LogP contribution in [0.2, 0.25) is 0 Å². The molecule has 32 heavy (non-hydrogen) atoms. The van der Waals surface area contributed by atoms with Crippen molar-refractivity contribution in [3.05, 3.63) is 89.0 Å². The van der Waals surface area contributed by atoms with Crippen LogP contribution in [0.1, 0.15) is 51.6 Å². The van der Waals surface area contributed by atoms with Gasteiger partial charge in [0.05, 0.1) is 13.7 Å². The molecule has 160 valence electrons. The van der Waals surface area contributed by atoms with Crippen molar-refractivity contribution in [1.82, 2.24) is 0 Å². The number of carbonyl (C=O) groups is 2. The van der Waals surface area contributed by atoms with Crippen LogP contribution >= 0.6 is 0 Å². The van der Waals surface area contributed by atoms with Crippen LogP contribution in [0.4, 0.5) is 11.4 Å². The van der Waals surface area contributed by atoms with E-state index < -0.39 is 0 Å². The smallest absolute Gasteiger partial charge is 0.259 e. The SMILES string of the molecule is CC#CCN1C(=O)c2ccccc2[C@H](C)c2cc(NC(=O)c3ccc(OC)cc3)ccc21. The average Bonchev–Trinajstić information content (AvgIpc) is 2.91. The fraction of sp³-hybridized carbons (Fsp3) is 0.185. The Hall–Kier alpha value is -4.04. The number of hydrogen-bond acceptors (Lipinski definition) is 3. The molecule has 5 heteroatoms. The van der Waals surface area contributed by atoms with Gasteiger partial charge in [-0.2, -0.15) is 0 Å². The van der Waals surface area contributed by atoms with Crippen LogP contribution < -0.4 is 15.0 Å². The van der Waals surface area contributed by atoms with E-state index in [4.69, 9.17) is 4.74 Å². The molecule has 1 atom stereocenters. The fourth-order valence-corrected chi connectivity index (χ4v) is 3.98. The second-order valence-corrected chi connectivity index (χ2v) is 7.58. The minimum atomic E-state index is -0.209. The van der Waals surface area contributed by atoms with E-state index >= 15 is 0 Å². The number of nitrogens with zero attached hydrogens (tertiary/aromatic N) is 1. The molecule has 0 aromatic heterocycles. The summed E-state index contributed by atoms with van der Waals surface area (Å²) in [6, 6.07) is 20.3. The van der Waals surface area contributed by atoms with Gasteiger partial charge in [0.2, 0.25) is 0 Å². The van der Waals surface area contributed by atoms with Gasteiger partial charge >= 0.3 is 0 Å². The molecule has 5 nitrogen and oxygen atoms in total. The van der Waals surface area contributed by atoms with E-state index in [1.807, 2.05) is 42.5 Å². The summed E-state index contributed by atoms with van der Waals surface area (Å²) in [6.45, 7) is 4.15. The summed E-state index contributed by atoms with van der Waals surface area (Å²) in [4.78, 5) is 27.8. The van der Waals surface area contributed by atoms with Crippen molar-refractivity contribution >= 4 is 23.2 Å². The van der Waals surface area contributed by atoms with Crippen LogP contribution in [-0.2, 0) is 0 Å². The molecule has 1 aliphatic rings. The second-order valence-electron chi connectivity index (χ2n) is 7.58. The van der Waals surface area contributed by atoms with Crippen molar-refractivity contribution in [2.45, 2.75) is 19.8 Å². The molecule has 0 unspecified atom stereocenters. The minimum absolute atomic E-state index is 0.0254. The average molecular weight is 425 g/mol. The molecule has 0 fully saturated rings. The fourth-order valence-electron chi connectivity index (χ4n) is 3.98. The Morgan fingerprint density at radius 3 is 2.53 bits per heavy atom. The first-order valence-corrected chi connectivity index (χ1v) is 10.4. The van der Waals surface area contributed by atoms with Gasteiger partial charge < -0.3 is 10.1 Å². The van der Waals surface area contributed by atoms with E-state index in [-0.39, 0.29) is 17.7 Å². The van der Waals surface area contributed by atoms with E-state index in [1.165, 1.54) is 0 Å². The van der Waals surface area contributed by atoms with Crippen molar-refractivity contribution in [2.24, 2.45) is 0 Å². The highest BCUT2D eigenvalue weighted by Crippen LogP contribution is 2.39. The number of carbonyl (C=O) groups excluding carboxylic acids is 2. The van der Waals surface area contributed by atoms with Gasteiger partial charge in [-0.15, -0.1) is 5.92 Å². The number of nitrogens with one attached hydrogen (secondary N) is 1. The Labute approximate surface area is 188 Å². The molecular formula is C27H24N2O3. The van der Waals surface area contributed by atoms with Crippen LogP contribution in [0.15, 0.2) is 66.7 Å². The highest BCUT2D eigenvalue weighted by molar-refractivity contribution is 6.09. The van der Waals surface area contributed by atoms with Crippen LogP contribution in [0.5, 0.6) is 5.75 Å². The summed E-state index contributed by atoms with van der Waals surface area (Å²) in [5.41, 5.74) is 4.62. The Bertz CT molecular complexity index is 1240. The van der Waals surface area contributed by atoms with E-state index in [2.05, 4.69) is 24.1 Å². The predicted molar refractivity (Wildman–Crippen MR) is 126 cm³/mol. The van der Waals surface area contributed by atoms with E-state index in [0.717, 1.165) is 16.8 Å². The van der Waals surface area contributed by atoms with Gasteiger partial charge in [-0.3, -0.25) is 14.5 Å². The third kappa shape index (κ3) is 3.95. The molecule has 1 aliphatic heterocycles. The van der Waals surface area contributed by atoms with E-state index in [1.54, 1.807) is 43.2 Å². The predicted octanol–water partition coefficient (Wildman–Crippen LogP) is 5.08. The number of ether oxygens (including phenoxy) is 1. The van der Waals surface area contributed by atoms with Crippen LogP contribution in [0.25, 0.3) is 0 Å². The lowest BCUT2D eigenvalue weighted by molar-refractivity contribution is 0.0988. The molecule has 2 amide bonds. The highest BCUT2D eigenvalue weighted by atomic mass is 16.5. The van der Waals surface area contributed by atoms with E-state index in [0.29, 0.717) is 29.1 Å². The van der Waals surface area contributed by atoms with Gasteiger partial charge in [0.25, 0.3) is 11.8 Å². The zero-order chi connectivity index (χ0) is 22.7. The summed E-state index contributed by atoms with van der Waals surface area (Å²) >= 11 is 0. The van der Waals surface area contributed by atoms with Crippen molar-refractivity contribution in [3.8, 4) is 17.6 Å². The molecule has 0 aliphatic carbocycles. The number of benzene rings is 3. The number of methoxy groups -OCH3 is 1. The molecule has 3 aromatic rings. The molecular weight excluding hydrogens is 400 g/mol. The third-order valence-corrected chi connectivity index (χ3v) is 5.71. The molecule has 0 saturated heterocycles. The van der Waals surface area contributed by atoms with Crippen LogP contribution in [0, 0.1) is 11.8 Å². The first-order chi connectivity index (χ1) is 15.5. The number of rotatable bonds is 4.